The lowest BCUT2D eigenvalue weighted by molar-refractivity contribution is 0.172. The molecule has 0 fully saturated rings. The molecule has 2 nitrogen and oxygen atoms in total. The fourth-order valence-electron chi connectivity index (χ4n) is 1.62. The molecule has 0 saturated carbocycles. The molecule has 2 atom stereocenters. The molecular formula is C13H29NOS. The third-order valence-corrected chi connectivity index (χ3v) is 4.18. The van der Waals surface area contributed by atoms with Crippen LogP contribution in [-0.4, -0.2) is 37.8 Å². The van der Waals surface area contributed by atoms with Gasteiger partial charge in [-0.05, 0) is 30.6 Å². The lowest BCUT2D eigenvalue weighted by atomic mass is 10.0. The van der Waals surface area contributed by atoms with E-state index in [1.165, 1.54) is 11.5 Å². The number of hydrogen-bond donors (Lipinski definition) is 1. The first-order valence-corrected chi connectivity index (χ1v) is 7.57. The topological polar surface area (TPSA) is 21.3 Å². The summed E-state index contributed by atoms with van der Waals surface area (Å²) in [5.74, 6) is 3.97. The molecule has 0 aromatic heterocycles. The maximum atomic E-state index is 5.15. The van der Waals surface area contributed by atoms with Crippen molar-refractivity contribution in [2.45, 2.75) is 40.2 Å². The highest BCUT2D eigenvalue weighted by atomic mass is 32.2. The molecule has 0 aromatic rings. The van der Waals surface area contributed by atoms with Crippen LogP contribution in [0.4, 0.5) is 0 Å². The van der Waals surface area contributed by atoms with E-state index in [9.17, 15) is 0 Å². The highest BCUT2D eigenvalue weighted by Gasteiger charge is 2.15. The quantitative estimate of drug-likeness (QED) is 0.641. The Hall–Kier alpha value is 0.270. The van der Waals surface area contributed by atoms with E-state index in [2.05, 4.69) is 44.8 Å². The van der Waals surface area contributed by atoms with Gasteiger partial charge >= 0.3 is 0 Å². The predicted molar refractivity (Wildman–Crippen MR) is 75.3 cm³/mol. The van der Waals surface area contributed by atoms with Gasteiger partial charge in [-0.1, -0.05) is 27.7 Å². The summed E-state index contributed by atoms with van der Waals surface area (Å²) >= 11 is 2.07. The van der Waals surface area contributed by atoms with Crippen LogP contribution in [0.2, 0.25) is 0 Å². The van der Waals surface area contributed by atoms with Crippen molar-refractivity contribution in [3.8, 4) is 0 Å². The fourth-order valence-corrected chi connectivity index (χ4v) is 2.93. The predicted octanol–water partition coefficient (Wildman–Crippen LogP) is 3.03. The number of ether oxygens (including phenoxy) is 1. The summed E-state index contributed by atoms with van der Waals surface area (Å²) in [4.78, 5) is 0. The summed E-state index contributed by atoms with van der Waals surface area (Å²) in [7, 11) is 1.78. The van der Waals surface area contributed by atoms with Crippen LogP contribution < -0.4 is 5.32 Å². The zero-order valence-electron chi connectivity index (χ0n) is 11.6. The third-order valence-electron chi connectivity index (χ3n) is 2.68. The van der Waals surface area contributed by atoms with Crippen molar-refractivity contribution < 1.29 is 4.74 Å². The van der Waals surface area contributed by atoms with Gasteiger partial charge in [0.2, 0.25) is 0 Å². The molecule has 0 bridgehead atoms. The minimum Gasteiger partial charge on any atom is -0.385 e. The Kier molecular flexibility index (Phi) is 10.6. The van der Waals surface area contributed by atoms with Gasteiger partial charge in [-0.3, -0.25) is 0 Å². The first-order chi connectivity index (χ1) is 7.61. The molecule has 3 heteroatoms. The van der Waals surface area contributed by atoms with E-state index >= 15 is 0 Å². The summed E-state index contributed by atoms with van der Waals surface area (Å²) in [5, 5.41) is 3.59. The van der Waals surface area contributed by atoms with Gasteiger partial charge in [0.25, 0.3) is 0 Å². The van der Waals surface area contributed by atoms with Crippen molar-refractivity contribution in [3.63, 3.8) is 0 Å². The maximum absolute atomic E-state index is 5.15. The molecule has 0 rings (SSSR count). The molecule has 16 heavy (non-hydrogen) atoms. The summed E-state index contributed by atoms with van der Waals surface area (Å²) < 4.78 is 5.15. The average Bonchev–Trinajstić information content (AvgIpc) is 2.24. The van der Waals surface area contributed by atoms with Gasteiger partial charge in [0.05, 0.1) is 0 Å². The van der Waals surface area contributed by atoms with Crippen LogP contribution in [0.1, 0.15) is 34.1 Å². The fraction of sp³-hybridized carbons (Fsp3) is 1.00. The normalized spacial score (nSPS) is 15.4. The van der Waals surface area contributed by atoms with Crippen LogP contribution in [0, 0.1) is 11.8 Å². The number of thioether (sulfide) groups is 1. The Morgan fingerprint density at radius 1 is 1.19 bits per heavy atom. The van der Waals surface area contributed by atoms with Crippen molar-refractivity contribution in [1.29, 1.82) is 0 Å². The smallest absolute Gasteiger partial charge is 0.0465 e. The number of rotatable bonds is 10. The summed E-state index contributed by atoms with van der Waals surface area (Å²) in [6.07, 6.45) is 1.15. The van der Waals surface area contributed by atoms with Crippen molar-refractivity contribution in [2.24, 2.45) is 11.8 Å². The van der Waals surface area contributed by atoms with Crippen LogP contribution in [-0.2, 0) is 4.74 Å². The minimum absolute atomic E-state index is 0.629. The van der Waals surface area contributed by atoms with E-state index in [-0.39, 0.29) is 0 Å². The SMILES string of the molecule is CCNC(CSCC(C)C)C(C)CCOC. The van der Waals surface area contributed by atoms with Crippen LogP contribution in [0.3, 0.4) is 0 Å². The Morgan fingerprint density at radius 3 is 2.38 bits per heavy atom. The minimum atomic E-state index is 0.629. The number of methoxy groups -OCH3 is 1. The van der Waals surface area contributed by atoms with Gasteiger partial charge < -0.3 is 10.1 Å². The van der Waals surface area contributed by atoms with E-state index in [4.69, 9.17) is 4.74 Å². The molecule has 0 spiro atoms. The van der Waals surface area contributed by atoms with Crippen LogP contribution >= 0.6 is 11.8 Å². The van der Waals surface area contributed by atoms with Gasteiger partial charge in [0.1, 0.15) is 0 Å². The summed E-state index contributed by atoms with van der Waals surface area (Å²) in [6.45, 7) is 11.0. The Morgan fingerprint density at radius 2 is 1.88 bits per heavy atom. The molecule has 2 unspecified atom stereocenters. The monoisotopic (exact) mass is 247 g/mol. The Balaban J connectivity index is 3.84. The maximum Gasteiger partial charge on any atom is 0.0465 e. The van der Waals surface area contributed by atoms with Gasteiger partial charge in [-0.15, -0.1) is 0 Å². The van der Waals surface area contributed by atoms with E-state index in [1.54, 1.807) is 7.11 Å². The number of nitrogens with one attached hydrogen (secondary N) is 1. The highest BCUT2D eigenvalue weighted by molar-refractivity contribution is 7.99. The van der Waals surface area contributed by atoms with Gasteiger partial charge in [-0.2, -0.15) is 11.8 Å². The molecular weight excluding hydrogens is 218 g/mol. The molecule has 0 aliphatic heterocycles. The zero-order valence-corrected chi connectivity index (χ0v) is 12.4. The molecule has 0 saturated heterocycles. The van der Waals surface area contributed by atoms with Gasteiger partial charge in [-0.25, -0.2) is 0 Å². The zero-order chi connectivity index (χ0) is 12.4. The molecule has 0 aromatic carbocycles. The second-order valence-corrected chi connectivity index (χ2v) is 5.93. The third kappa shape index (κ3) is 8.43. The number of hydrogen-bond acceptors (Lipinski definition) is 3. The van der Waals surface area contributed by atoms with E-state index < -0.39 is 0 Å². The molecule has 0 heterocycles. The molecule has 0 radical (unpaired) electrons. The lowest BCUT2D eigenvalue weighted by Crippen LogP contribution is -2.37. The largest absolute Gasteiger partial charge is 0.385 e. The van der Waals surface area contributed by atoms with Crippen LogP contribution in [0.15, 0.2) is 0 Å². The average molecular weight is 247 g/mol. The molecule has 98 valence electrons. The van der Waals surface area contributed by atoms with E-state index in [0.29, 0.717) is 12.0 Å². The first-order valence-electron chi connectivity index (χ1n) is 6.41. The van der Waals surface area contributed by atoms with Crippen molar-refractivity contribution in [3.05, 3.63) is 0 Å². The standard InChI is InChI=1S/C13H29NOS/c1-6-14-13(10-16-9-11(2)3)12(4)7-8-15-5/h11-14H,6-10H2,1-5H3. The van der Waals surface area contributed by atoms with Crippen molar-refractivity contribution in [1.82, 2.24) is 5.32 Å². The van der Waals surface area contributed by atoms with Gasteiger partial charge in [0.15, 0.2) is 0 Å². The lowest BCUT2D eigenvalue weighted by Gasteiger charge is -2.24. The molecule has 0 amide bonds. The van der Waals surface area contributed by atoms with Crippen LogP contribution in [0.5, 0.6) is 0 Å². The molecule has 0 aliphatic rings. The van der Waals surface area contributed by atoms with Gasteiger partial charge in [0, 0.05) is 25.5 Å². The van der Waals surface area contributed by atoms with Crippen LogP contribution in [0.25, 0.3) is 0 Å². The second kappa shape index (κ2) is 10.4. The molecule has 1 N–H and O–H groups in total. The van der Waals surface area contributed by atoms with E-state index in [1.807, 2.05) is 0 Å². The van der Waals surface area contributed by atoms with Crippen molar-refractivity contribution >= 4 is 11.8 Å². The molecule has 0 aliphatic carbocycles. The summed E-state index contributed by atoms with van der Waals surface area (Å²) in [6, 6.07) is 0.629. The Labute approximate surface area is 106 Å². The van der Waals surface area contributed by atoms with Crippen molar-refractivity contribution in [2.75, 3.05) is 31.8 Å². The Bertz CT molecular complexity index is 153. The second-order valence-electron chi connectivity index (χ2n) is 4.85. The summed E-state index contributed by atoms with van der Waals surface area (Å²) in [5.41, 5.74) is 0. The first kappa shape index (κ1) is 16.3. The highest BCUT2D eigenvalue weighted by Crippen LogP contribution is 2.16. The van der Waals surface area contributed by atoms with E-state index in [0.717, 1.165) is 25.5 Å².